The van der Waals surface area contributed by atoms with Crippen LogP contribution in [0.25, 0.3) is 0 Å². The summed E-state index contributed by atoms with van der Waals surface area (Å²) >= 11 is 0. The lowest BCUT2D eigenvalue weighted by molar-refractivity contribution is -0.118. The van der Waals surface area contributed by atoms with Crippen molar-refractivity contribution in [1.82, 2.24) is 5.32 Å². The molecule has 0 aromatic heterocycles. The smallest absolute Gasteiger partial charge is 0.241 e. The van der Waals surface area contributed by atoms with E-state index < -0.39 is 0 Å². The number of hydrogen-bond donors (Lipinski definition) is 2. The van der Waals surface area contributed by atoms with Gasteiger partial charge in [0.2, 0.25) is 5.91 Å². The van der Waals surface area contributed by atoms with E-state index in [1.165, 1.54) is 0 Å². The first kappa shape index (κ1) is 15.8. The standard InChI is InChI=1S/C17H26N2O2/c1-3-4-12-21-15-10-8-14(9-11-15)19-17(20)16-7-5-6-13(2)18-16/h8-11,13,16,18H,3-7,12H2,1-2H3,(H,19,20). The summed E-state index contributed by atoms with van der Waals surface area (Å²) < 4.78 is 5.61. The van der Waals surface area contributed by atoms with Crippen molar-refractivity contribution in [2.24, 2.45) is 0 Å². The van der Waals surface area contributed by atoms with E-state index in [0.29, 0.717) is 6.04 Å². The molecular weight excluding hydrogens is 264 g/mol. The molecule has 2 atom stereocenters. The van der Waals surface area contributed by atoms with Gasteiger partial charge in [0.15, 0.2) is 0 Å². The molecule has 4 nitrogen and oxygen atoms in total. The fourth-order valence-electron chi connectivity index (χ4n) is 2.54. The van der Waals surface area contributed by atoms with Crippen molar-refractivity contribution in [3.63, 3.8) is 0 Å². The highest BCUT2D eigenvalue weighted by Gasteiger charge is 2.23. The number of nitrogens with one attached hydrogen (secondary N) is 2. The van der Waals surface area contributed by atoms with Crippen molar-refractivity contribution in [3.8, 4) is 5.75 Å². The first-order valence-corrected chi connectivity index (χ1v) is 7.99. The van der Waals surface area contributed by atoms with E-state index in [1.54, 1.807) is 0 Å². The summed E-state index contributed by atoms with van der Waals surface area (Å²) in [7, 11) is 0. The number of rotatable bonds is 6. The molecule has 0 bridgehead atoms. The molecule has 2 rings (SSSR count). The van der Waals surface area contributed by atoms with Crippen LogP contribution in [0.15, 0.2) is 24.3 Å². The van der Waals surface area contributed by atoms with E-state index >= 15 is 0 Å². The zero-order valence-corrected chi connectivity index (χ0v) is 13.0. The number of carbonyl (C=O) groups is 1. The summed E-state index contributed by atoms with van der Waals surface area (Å²) in [5.41, 5.74) is 0.822. The number of ether oxygens (including phenoxy) is 1. The number of unbranched alkanes of at least 4 members (excludes halogenated alkanes) is 1. The molecule has 1 aliphatic heterocycles. The minimum absolute atomic E-state index is 0.0567. The molecule has 2 N–H and O–H groups in total. The predicted molar refractivity (Wildman–Crippen MR) is 85.7 cm³/mol. The Morgan fingerprint density at radius 1 is 1.33 bits per heavy atom. The van der Waals surface area contributed by atoms with Gasteiger partial charge in [-0.3, -0.25) is 4.79 Å². The lowest BCUT2D eigenvalue weighted by Crippen LogP contribution is -2.47. The topological polar surface area (TPSA) is 50.4 Å². The number of amides is 1. The Balaban J connectivity index is 1.83. The molecule has 116 valence electrons. The minimum Gasteiger partial charge on any atom is -0.494 e. The summed E-state index contributed by atoms with van der Waals surface area (Å²) in [6.45, 7) is 5.01. The van der Waals surface area contributed by atoms with Crippen LogP contribution in [-0.4, -0.2) is 24.6 Å². The van der Waals surface area contributed by atoms with Crippen molar-refractivity contribution >= 4 is 11.6 Å². The number of hydrogen-bond acceptors (Lipinski definition) is 3. The van der Waals surface area contributed by atoms with E-state index in [2.05, 4.69) is 24.5 Å². The molecule has 21 heavy (non-hydrogen) atoms. The van der Waals surface area contributed by atoms with Gasteiger partial charge in [-0.25, -0.2) is 0 Å². The van der Waals surface area contributed by atoms with Crippen LogP contribution in [0.2, 0.25) is 0 Å². The summed E-state index contributed by atoms with van der Waals surface area (Å²) in [6, 6.07) is 7.94. The molecule has 1 amide bonds. The van der Waals surface area contributed by atoms with Crippen molar-refractivity contribution in [2.75, 3.05) is 11.9 Å². The van der Waals surface area contributed by atoms with E-state index in [4.69, 9.17) is 4.74 Å². The van der Waals surface area contributed by atoms with Crippen LogP contribution in [0, 0.1) is 0 Å². The zero-order chi connectivity index (χ0) is 15.1. The van der Waals surface area contributed by atoms with Crippen molar-refractivity contribution in [2.45, 2.75) is 58.0 Å². The highest BCUT2D eigenvalue weighted by atomic mass is 16.5. The molecule has 2 unspecified atom stereocenters. The average Bonchev–Trinajstić information content (AvgIpc) is 2.49. The molecule has 0 spiro atoms. The van der Waals surface area contributed by atoms with Crippen LogP contribution < -0.4 is 15.4 Å². The molecule has 1 aromatic carbocycles. The van der Waals surface area contributed by atoms with Gasteiger partial charge in [0, 0.05) is 11.7 Å². The van der Waals surface area contributed by atoms with E-state index in [0.717, 1.165) is 50.1 Å². The summed E-state index contributed by atoms with van der Waals surface area (Å²) in [6.07, 6.45) is 5.35. The fraction of sp³-hybridized carbons (Fsp3) is 0.588. The molecule has 1 aromatic rings. The first-order chi connectivity index (χ1) is 10.2. The number of anilines is 1. The van der Waals surface area contributed by atoms with Gasteiger partial charge in [-0.05, 0) is 56.9 Å². The van der Waals surface area contributed by atoms with Crippen LogP contribution >= 0.6 is 0 Å². The third kappa shape index (κ3) is 5.05. The Kier molecular flexibility index (Phi) is 6.05. The largest absolute Gasteiger partial charge is 0.494 e. The van der Waals surface area contributed by atoms with Gasteiger partial charge in [-0.15, -0.1) is 0 Å². The lowest BCUT2D eigenvalue weighted by atomic mass is 9.99. The maximum Gasteiger partial charge on any atom is 0.241 e. The number of benzene rings is 1. The van der Waals surface area contributed by atoms with E-state index in [-0.39, 0.29) is 11.9 Å². The van der Waals surface area contributed by atoms with Crippen molar-refractivity contribution < 1.29 is 9.53 Å². The first-order valence-electron chi connectivity index (χ1n) is 7.99. The summed E-state index contributed by atoms with van der Waals surface area (Å²) in [5.74, 6) is 0.909. The highest BCUT2D eigenvalue weighted by Crippen LogP contribution is 2.18. The Hall–Kier alpha value is -1.55. The normalized spacial score (nSPS) is 21.8. The Morgan fingerprint density at radius 3 is 2.76 bits per heavy atom. The summed E-state index contributed by atoms with van der Waals surface area (Å²) in [4.78, 5) is 12.2. The maximum atomic E-state index is 12.2. The van der Waals surface area contributed by atoms with Crippen LogP contribution in [0.5, 0.6) is 5.75 Å². The zero-order valence-electron chi connectivity index (χ0n) is 13.0. The van der Waals surface area contributed by atoms with Crippen LogP contribution in [0.4, 0.5) is 5.69 Å². The fourth-order valence-corrected chi connectivity index (χ4v) is 2.54. The van der Waals surface area contributed by atoms with Gasteiger partial charge >= 0.3 is 0 Å². The second-order valence-electron chi connectivity index (χ2n) is 5.77. The molecule has 4 heteroatoms. The monoisotopic (exact) mass is 290 g/mol. The molecule has 0 saturated carbocycles. The quantitative estimate of drug-likeness (QED) is 0.790. The Labute approximate surface area is 127 Å². The predicted octanol–water partition coefficient (Wildman–Crippen LogP) is 3.33. The molecule has 1 saturated heterocycles. The molecule has 0 radical (unpaired) electrons. The van der Waals surface area contributed by atoms with Crippen LogP contribution in [-0.2, 0) is 4.79 Å². The van der Waals surface area contributed by atoms with Crippen molar-refractivity contribution in [1.29, 1.82) is 0 Å². The van der Waals surface area contributed by atoms with Crippen molar-refractivity contribution in [3.05, 3.63) is 24.3 Å². The van der Waals surface area contributed by atoms with E-state index in [9.17, 15) is 4.79 Å². The number of piperidine rings is 1. The number of carbonyl (C=O) groups excluding carboxylic acids is 1. The summed E-state index contributed by atoms with van der Waals surface area (Å²) in [5, 5.41) is 6.31. The Morgan fingerprint density at radius 2 is 2.10 bits per heavy atom. The minimum atomic E-state index is -0.0748. The SMILES string of the molecule is CCCCOc1ccc(NC(=O)C2CCCC(C)N2)cc1. The van der Waals surface area contributed by atoms with Gasteiger partial charge in [-0.2, -0.15) is 0 Å². The van der Waals surface area contributed by atoms with Gasteiger partial charge in [0.05, 0.1) is 12.6 Å². The van der Waals surface area contributed by atoms with Gasteiger partial charge in [0.25, 0.3) is 0 Å². The highest BCUT2D eigenvalue weighted by molar-refractivity contribution is 5.94. The van der Waals surface area contributed by atoms with Gasteiger partial charge < -0.3 is 15.4 Å². The van der Waals surface area contributed by atoms with Gasteiger partial charge in [0.1, 0.15) is 5.75 Å². The molecule has 1 heterocycles. The van der Waals surface area contributed by atoms with Gasteiger partial charge in [-0.1, -0.05) is 13.3 Å². The second-order valence-corrected chi connectivity index (χ2v) is 5.77. The van der Waals surface area contributed by atoms with Crippen LogP contribution in [0.1, 0.15) is 46.0 Å². The molecule has 1 fully saturated rings. The molecule has 1 aliphatic rings. The second kappa shape index (κ2) is 8.03. The lowest BCUT2D eigenvalue weighted by Gasteiger charge is -2.27. The van der Waals surface area contributed by atoms with Crippen LogP contribution in [0.3, 0.4) is 0 Å². The van der Waals surface area contributed by atoms with E-state index in [1.807, 2.05) is 24.3 Å². The maximum absolute atomic E-state index is 12.2. The molecule has 0 aliphatic carbocycles. The average molecular weight is 290 g/mol. The molecular formula is C17H26N2O2. The third-order valence-electron chi connectivity index (χ3n) is 3.82. The third-order valence-corrected chi connectivity index (χ3v) is 3.82. The Bertz CT molecular complexity index is 445.